The van der Waals surface area contributed by atoms with Crippen molar-refractivity contribution in [3.63, 3.8) is 0 Å². The lowest BCUT2D eigenvalue weighted by atomic mass is 10.1. The highest BCUT2D eigenvalue weighted by molar-refractivity contribution is 5.41. The van der Waals surface area contributed by atoms with Crippen LogP contribution in [0.1, 0.15) is 17.2 Å². The van der Waals surface area contributed by atoms with Gasteiger partial charge < -0.3 is 10.5 Å². The summed E-state index contributed by atoms with van der Waals surface area (Å²) in [7, 11) is 0. The second-order valence-electron chi connectivity index (χ2n) is 2.99. The van der Waals surface area contributed by atoms with E-state index in [2.05, 4.69) is 4.98 Å². The summed E-state index contributed by atoms with van der Waals surface area (Å²) in [5, 5.41) is 0. The maximum atomic E-state index is 12.5. The van der Waals surface area contributed by atoms with Crippen LogP contribution in [-0.4, -0.2) is 11.6 Å². The van der Waals surface area contributed by atoms with Crippen LogP contribution in [0.15, 0.2) is 12.3 Å². The summed E-state index contributed by atoms with van der Waals surface area (Å²) in [4.78, 5) is 3.68. The summed E-state index contributed by atoms with van der Waals surface area (Å²) < 4.78 is 42.3. The molecule has 76 valence electrons. The number of nitrogens with zero attached hydrogens (tertiary/aromatic N) is 1. The third kappa shape index (κ3) is 1.31. The summed E-state index contributed by atoms with van der Waals surface area (Å²) in [5.41, 5.74) is 4.68. The van der Waals surface area contributed by atoms with E-state index in [0.29, 0.717) is 0 Å². The minimum absolute atomic E-state index is 0.00711. The zero-order valence-electron chi connectivity index (χ0n) is 7.01. The molecular weight excluding hydrogens is 197 g/mol. The van der Waals surface area contributed by atoms with Gasteiger partial charge in [0.2, 0.25) is 5.88 Å². The van der Waals surface area contributed by atoms with Gasteiger partial charge >= 0.3 is 6.18 Å². The van der Waals surface area contributed by atoms with Crippen LogP contribution in [0.5, 0.6) is 5.88 Å². The molecule has 0 amide bonds. The molecule has 0 fully saturated rings. The first-order chi connectivity index (χ1) is 6.50. The standard InChI is InChI=1S/C8H7F3N2O/c9-8(10,11)4-1-2-13-7-6(4)5(12)3-14-7/h1-2,5H,3,12H2. The Morgan fingerprint density at radius 2 is 2.21 bits per heavy atom. The average Bonchev–Trinajstić information content (AvgIpc) is 2.46. The molecule has 1 aromatic rings. The number of fused-ring (bicyclic) bond motifs is 1. The average molecular weight is 204 g/mol. The van der Waals surface area contributed by atoms with E-state index in [1.54, 1.807) is 0 Å². The molecular formula is C8H7F3N2O. The number of nitrogens with two attached hydrogens (primary N) is 1. The van der Waals surface area contributed by atoms with Crippen LogP contribution in [0.25, 0.3) is 0 Å². The largest absolute Gasteiger partial charge is 0.475 e. The second-order valence-corrected chi connectivity index (χ2v) is 2.99. The number of hydrogen-bond donors (Lipinski definition) is 1. The lowest BCUT2D eigenvalue weighted by molar-refractivity contribution is -0.138. The highest BCUT2D eigenvalue weighted by Gasteiger charge is 2.39. The predicted octanol–water partition coefficient (Wildman–Crippen LogP) is 1.49. The molecule has 1 aromatic heterocycles. The van der Waals surface area contributed by atoms with Crippen molar-refractivity contribution >= 4 is 0 Å². The van der Waals surface area contributed by atoms with Crippen LogP contribution in [0.4, 0.5) is 13.2 Å². The molecule has 2 N–H and O–H groups in total. The smallest absolute Gasteiger partial charge is 0.416 e. The highest BCUT2D eigenvalue weighted by atomic mass is 19.4. The number of hydrogen-bond acceptors (Lipinski definition) is 3. The first-order valence-corrected chi connectivity index (χ1v) is 3.94. The minimum Gasteiger partial charge on any atom is -0.475 e. The fourth-order valence-electron chi connectivity index (χ4n) is 1.43. The van der Waals surface area contributed by atoms with Crippen LogP contribution in [-0.2, 0) is 6.18 Å². The topological polar surface area (TPSA) is 48.1 Å². The van der Waals surface area contributed by atoms with Crippen molar-refractivity contribution in [1.82, 2.24) is 4.98 Å². The Bertz CT molecular complexity index is 364. The number of rotatable bonds is 0. The fourth-order valence-corrected chi connectivity index (χ4v) is 1.43. The van der Waals surface area contributed by atoms with Crippen LogP contribution < -0.4 is 10.5 Å². The van der Waals surface area contributed by atoms with E-state index in [1.807, 2.05) is 0 Å². The second kappa shape index (κ2) is 2.84. The van der Waals surface area contributed by atoms with Crippen LogP contribution >= 0.6 is 0 Å². The zero-order chi connectivity index (χ0) is 10.3. The van der Waals surface area contributed by atoms with Gasteiger partial charge in [0, 0.05) is 11.8 Å². The molecule has 14 heavy (non-hydrogen) atoms. The van der Waals surface area contributed by atoms with Crippen LogP contribution in [0.2, 0.25) is 0 Å². The third-order valence-electron chi connectivity index (χ3n) is 2.03. The number of halogens is 3. The summed E-state index contributed by atoms with van der Waals surface area (Å²) in [6, 6.07) is 0.170. The van der Waals surface area contributed by atoms with Gasteiger partial charge in [-0.1, -0.05) is 0 Å². The molecule has 1 aliphatic heterocycles. The summed E-state index contributed by atoms with van der Waals surface area (Å²) >= 11 is 0. The van der Waals surface area contributed by atoms with Crippen molar-refractivity contribution in [2.45, 2.75) is 12.2 Å². The SMILES string of the molecule is NC1COc2nccc(C(F)(F)F)c21. The normalized spacial score (nSPS) is 20.4. The van der Waals surface area contributed by atoms with E-state index in [-0.39, 0.29) is 18.1 Å². The molecule has 3 nitrogen and oxygen atoms in total. The first kappa shape index (κ1) is 9.26. The quantitative estimate of drug-likeness (QED) is 0.696. The van der Waals surface area contributed by atoms with Gasteiger partial charge in [-0.25, -0.2) is 4.98 Å². The van der Waals surface area contributed by atoms with Crippen molar-refractivity contribution in [3.05, 3.63) is 23.4 Å². The molecule has 6 heteroatoms. The maximum Gasteiger partial charge on any atom is 0.416 e. The molecule has 1 aliphatic rings. The van der Waals surface area contributed by atoms with Gasteiger partial charge in [0.05, 0.1) is 11.6 Å². The number of pyridine rings is 1. The zero-order valence-corrected chi connectivity index (χ0v) is 7.01. The van der Waals surface area contributed by atoms with Crippen LogP contribution in [0, 0.1) is 0 Å². The lowest BCUT2D eigenvalue weighted by Gasteiger charge is -2.11. The number of aromatic nitrogens is 1. The molecule has 1 atom stereocenters. The fraction of sp³-hybridized carbons (Fsp3) is 0.375. The van der Waals surface area contributed by atoms with Crippen molar-refractivity contribution in [2.24, 2.45) is 5.73 Å². The number of alkyl halides is 3. The Labute approximate surface area is 77.7 Å². The summed E-state index contributed by atoms with van der Waals surface area (Å²) in [6.45, 7) is 0.0510. The van der Waals surface area contributed by atoms with Gasteiger partial charge in [0.25, 0.3) is 0 Å². The van der Waals surface area contributed by atoms with Crippen LogP contribution in [0.3, 0.4) is 0 Å². The third-order valence-corrected chi connectivity index (χ3v) is 2.03. The molecule has 0 bridgehead atoms. The molecule has 0 saturated carbocycles. The van der Waals surface area contributed by atoms with E-state index < -0.39 is 17.8 Å². The van der Waals surface area contributed by atoms with Gasteiger partial charge in [-0.15, -0.1) is 0 Å². The Hall–Kier alpha value is -1.30. The number of ether oxygens (including phenoxy) is 1. The van der Waals surface area contributed by atoms with E-state index in [1.165, 1.54) is 0 Å². The maximum absolute atomic E-state index is 12.5. The Kier molecular flexibility index (Phi) is 1.88. The molecule has 0 saturated heterocycles. The predicted molar refractivity (Wildman–Crippen MR) is 41.7 cm³/mol. The molecule has 0 radical (unpaired) electrons. The van der Waals surface area contributed by atoms with E-state index in [0.717, 1.165) is 12.3 Å². The van der Waals surface area contributed by atoms with Gasteiger partial charge in [-0.05, 0) is 6.07 Å². The Balaban J connectivity index is 2.58. The molecule has 0 spiro atoms. The molecule has 2 heterocycles. The molecule has 0 aromatic carbocycles. The minimum atomic E-state index is -4.40. The Morgan fingerprint density at radius 3 is 2.86 bits per heavy atom. The summed E-state index contributed by atoms with van der Waals surface area (Å²) in [5.74, 6) is -0.00711. The van der Waals surface area contributed by atoms with Gasteiger partial charge in [-0.2, -0.15) is 13.2 Å². The summed E-state index contributed by atoms with van der Waals surface area (Å²) in [6.07, 6.45) is -3.34. The van der Waals surface area contributed by atoms with Gasteiger partial charge in [0.1, 0.15) is 6.61 Å². The first-order valence-electron chi connectivity index (χ1n) is 3.94. The van der Waals surface area contributed by atoms with Crippen molar-refractivity contribution in [2.75, 3.05) is 6.61 Å². The monoisotopic (exact) mass is 204 g/mol. The highest BCUT2D eigenvalue weighted by Crippen LogP contribution is 2.40. The van der Waals surface area contributed by atoms with Gasteiger partial charge in [-0.3, -0.25) is 0 Å². The van der Waals surface area contributed by atoms with E-state index in [9.17, 15) is 13.2 Å². The van der Waals surface area contributed by atoms with Crippen molar-refractivity contribution in [1.29, 1.82) is 0 Å². The molecule has 1 unspecified atom stereocenters. The van der Waals surface area contributed by atoms with Gasteiger partial charge in [0.15, 0.2) is 0 Å². The molecule has 0 aliphatic carbocycles. The lowest BCUT2D eigenvalue weighted by Crippen LogP contribution is -2.16. The van der Waals surface area contributed by atoms with Crippen molar-refractivity contribution in [3.8, 4) is 5.88 Å². The molecule has 2 rings (SSSR count). The Morgan fingerprint density at radius 1 is 1.50 bits per heavy atom. The van der Waals surface area contributed by atoms with Crippen molar-refractivity contribution < 1.29 is 17.9 Å². The van der Waals surface area contributed by atoms with E-state index in [4.69, 9.17) is 10.5 Å². The van der Waals surface area contributed by atoms with E-state index >= 15 is 0 Å².